The highest BCUT2D eigenvalue weighted by atomic mass is 79.9. The molecule has 2 rings (SSSR count). The number of nitrogens with zero attached hydrogens (tertiary/aromatic N) is 2. The maximum absolute atomic E-state index is 11.9. The summed E-state index contributed by atoms with van der Waals surface area (Å²) in [6, 6.07) is 4.38. The molecule has 1 aliphatic rings. The van der Waals surface area contributed by atoms with Crippen molar-refractivity contribution in [2.24, 2.45) is 0 Å². The van der Waals surface area contributed by atoms with Gasteiger partial charge in [-0.25, -0.2) is 0 Å². The number of nitrogens with one attached hydrogen (secondary N) is 1. The van der Waals surface area contributed by atoms with Gasteiger partial charge in [0.2, 0.25) is 0 Å². The Hall–Kier alpha value is -1.47. The molecule has 0 atom stereocenters. The van der Waals surface area contributed by atoms with E-state index in [1.807, 2.05) is 0 Å². The summed E-state index contributed by atoms with van der Waals surface area (Å²) in [6.45, 7) is 3.55. The number of benzene rings is 1. The van der Waals surface area contributed by atoms with Gasteiger partial charge in [-0.1, -0.05) is 0 Å². The normalized spacial score (nSPS) is 15.2. The number of carbonyl (C=O) groups excluding carboxylic acids is 1. The minimum Gasteiger partial charge on any atom is -0.351 e. The van der Waals surface area contributed by atoms with E-state index in [1.165, 1.54) is 25.0 Å². The van der Waals surface area contributed by atoms with Crippen molar-refractivity contribution in [3.05, 3.63) is 38.3 Å². The smallest absolute Gasteiger partial charge is 0.284 e. The van der Waals surface area contributed by atoms with Gasteiger partial charge < -0.3 is 10.2 Å². The third-order valence-corrected chi connectivity index (χ3v) is 3.99. The molecule has 0 unspecified atom stereocenters. The standard InChI is InChI=1S/C13H16BrN3O3/c14-11-4-3-10(9-12(11)17(19)20)13(18)15-5-8-16-6-1-2-7-16/h3-4,9H,1-2,5-8H2,(H,15,18). The van der Waals surface area contributed by atoms with Crippen molar-refractivity contribution in [3.8, 4) is 0 Å². The Morgan fingerprint density at radius 3 is 2.75 bits per heavy atom. The lowest BCUT2D eigenvalue weighted by Crippen LogP contribution is -2.33. The third kappa shape index (κ3) is 3.77. The predicted molar refractivity (Wildman–Crippen MR) is 78.8 cm³/mol. The first-order valence-electron chi connectivity index (χ1n) is 6.52. The van der Waals surface area contributed by atoms with Gasteiger partial charge in [0.1, 0.15) is 0 Å². The summed E-state index contributed by atoms with van der Waals surface area (Å²) in [4.78, 5) is 24.5. The second-order valence-corrected chi connectivity index (χ2v) is 5.58. The molecule has 1 N–H and O–H groups in total. The average molecular weight is 342 g/mol. The SMILES string of the molecule is O=C(NCCN1CCCC1)c1ccc(Br)c([N+](=O)[O-])c1. The minimum atomic E-state index is -0.509. The third-order valence-electron chi connectivity index (χ3n) is 3.32. The van der Waals surface area contributed by atoms with Gasteiger partial charge in [-0.15, -0.1) is 0 Å². The van der Waals surface area contributed by atoms with E-state index in [9.17, 15) is 14.9 Å². The monoisotopic (exact) mass is 341 g/mol. The molecule has 1 aliphatic heterocycles. The highest BCUT2D eigenvalue weighted by Crippen LogP contribution is 2.25. The zero-order chi connectivity index (χ0) is 14.5. The Balaban J connectivity index is 1.91. The maximum Gasteiger partial charge on any atom is 0.284 e. The molecule has 0 spiro atoms. The Bertz CT molecular complexity index is 516. The molecule has 108 valence electrons. The summed E-state index contributed by atoms with van der Waals surface area (Å²) in [5.41, 5.74) is 0.207. The summed E-state index contributed by atoms with van der Waals surface area (Å²) in [6.07, 6.45) is 2.43. The van der Waals surface area contributed by atoms with Crippen LogP contribution in [0.1, 0.15) is 23.2 Å². The Morgan fingerprint density at radius 1 is 1.40 bits per heavy atom. The van der Waals surface area contributed by atoms with Crippen molar-refractivity contribution in [2.75, 3.05) is 26.2 Å². The van der Waals surface area contributed by atoms with Crippen LogP contribution in [0, 0.1) is 10.1 Å². The van der Waals surface area contributed by atoms with Crippen molar-refractivity contribution in [1.29, 1.82) is 0 Å². The first kappa shape index (κ1) is 14.9. The van der Waals surface area contributed by atoms with Crippen LogP contribution in [0.15, 0.2) is 22.7 Å². The Kier molecular flexibility index (Phi) is 5.08. The van der Waals surface area contributed by atoms with Gasteiger partial charge in [0.05, 0.1) is 9.40 Å². The molecular formula is C13H16BrN3O3. The second kappa shape index (κ2) is 6.81. The van der Waals surface area contributed by atoms with Crippen LogP contribution in [0.2, 0.25) is 0 Å². The minimum absolute atomic E-state index is 0.0998. The molecule has 7 heteroatoms. The van der Waals surface area contributed by atoms with Crippen molar-refractivity contribution >= 4 is 27.5 Å². The van der Waals surface area contributed by atoms with Gasteiger partial charge >= 0.3 is 0 Å². The van der Waals surface area contributed by atoms with Gasteiger partial charge in [-0.2, -0.15) is 0 Å². The number of nitro benzene ring substituents is 1. The molecule has 6 nitrogen and oxygen atoms in total. The fraction of sp³-hybridized carbons (Fsp3) is 0.462. The molecular weight excluding hydrogens is 326 g/mol. The van der Waals surface area contributed by atoms with Crippen molar-refractivity contribution in [3.63, 3.8) is 0 Å². The molecule has 1 amide bonds. The van der Waals surface area contributed by atoms with Gasteiger partial charge in [-0.05, 0) is 54.0 Å². The molecule has 0 saturated carbocycles. The molecule has 1 saturated heterocycles. The second-order valence-electron chi connectivity index (χ2n) is 4.73. The zero-order valence-corrected chi connectivity index (χ0v) is 12.6. The fourth-order valence-electron chi connectivity index (χ4n) is 2.23. The first-order valence-corrected chi connectivity index (χ1v) is 7.32. The number of likely N-dealkylation sites (tertiary alicyclic amines) is 1. The fourth-order valence-corrected chi connectivity index (χ4v) is 2.62. The predicted octanol–water partition coefficient (Wildman–Crippen LogP) is 2.18. The van der Waals surface area contributed by atoms with Gasteiger partial charge in [0.15, 0.2) is 0 Å². The Labute approximate surface area is 125 Å². The maximum atomic E-state index is 11.9. The molecule has 0 radical (unpaired) electrons. The van der Waals surface area contributed by atoms with Crippen LogP contribution in [0.25, 0.3) is 0 Å². The number of hydrogen-bond acceptors (Lipinski definition) is 4. The number of hydrogen-bond donors (Lipinski definition) is 1. The van der Waals surface area contributed by atoms with Gasteiger partial charge in [-0.3, -0.25) is 14.9 Å². The van der Waals surface area contributed by atoms with E-state index in [2.05, 4.69) is 26.1 Å². The van der Waals surface area contributed by atoms with Crippen LogP contribution in [0.5, 0.6) is 0 Å². The highest BCUT2D eigenvalue weighted by molar-refractivity contribution is 9.10. The average Bonchev–Trinajstić information content (AvgIpc) is 2.92. The van der Waals surface area contributed by atoms with Crippen molar-refractivity contribution in [2.45, 2.75) is 12.8 Å². The molecule has 1 fully saturated rings. The van der Waals surface area contributed by atoms with E-state index < -0.39 is 4.92 Å². The van der Waals surface area contributed by atoms with Crippen LogP contribution in [-0.2, 0) is 0 Å². The number of nitro groups is 1. The van der Waals surface area contributed by atoms with Crippen LogP contribution in [-0.4, -0.2) is 41.9 Å². The molecule has 1 aromatic carbocycles. The number of halogens is 1. The quantitative estimate of drug-likeness (QED) is 0.657. The van der Waals surface area contributed by atoms with Crippen LogP contribution in [0.4, 0.5) is 5.69 Å². The first-order chi connectivity index (χ1) is 9.58. The molecule has 1 heterocycles. The summed E-state index contributed by atoms with van der Waals surface area (Å²) >= 11 is 3.10. The van der Waals surface area contributed by atoms with Crippen molar-refractivity contribution < 1.29 is 9.72 Å². The largest absolute Gasteiger partial charge is 0.351 e. The molecule has 0 aromatic heterocycles. The van der Waals surface area contributed by atoms with E-state index in [-0.39, 0.29) is 11.6 Å². The number of rotatable bonds is 5. The summed E-state index contributed by atoms with van der Waals surface area (Å²) < 4.78 is 0.371. The summed E-state index contributed by atoms with van der Waals surface area (Å²) in [5.74, 6) is -0.278. The highest BCUT2D eigenvalue weighted by Gasteiger charge is 2.16. The lowest BCUT2D eigenvalue weighted by Gasteiger charge is -2.14. The lowest BCUT2D eigenvalue weighted by molar-refractivity contribution is -0.385. The van der Waals surface area contributed by atoms with Gasteiger partial charge in [0.25, 0.3) is 11.6 Å². The van der Waals surface area contributed by atoms with Crippen molar-refractivity contribution in [1.82, 2.24) is 10.2 Å². The van der Waals surface area contributed by atoms with E-state index in [1.54, 1.807) is 6.07 Å². The van der Waals surface area contributed by atoms with E-state index in [4.69, 9.17) is 0 Å². The van der Waals surface area contributed by atoms with E-state index in [0.717, 1.165) is 19.6 Å². The number of carbonyl (C=O) groups is 1. The topological polar surface area (TPSA) is 75.5 Å². The van der Waals surface area contributed by atoms with E-state index in [0.29, 0.717) is 16.6 Å². The number of amides is 1. The molecule has 20 heavy (non-hydrogen) atoms. The molecule has 0 aliphatic carbocycles. The molecule has 1 aromatic rings. The van der Waals surface area contributed by atoms with E-state index >= 15 is 0 Å². The van der Waals surface area contributed by atoms with Gasteiger partial charge in [0, 0.05) is 24.7 Å². The Morgan fingerprint density at radius 2 is 2.10 bits per heavy atom. The molecule has 0 bridgehead atoms. The zero-order valence-electron chi connectivity index (χ0n) is 11.0. The lowest BCUT2D eigenvalue weighted by atomic mass is 10.2. The van der Waals surface area contributed by atoms with Crippen LogP contribution in [0.3, 0.4) is 0 Å². The summed E-state index contributed by atoms with van der Waals surface area (Å²) in [5, 5.41) is 13.6. The summed E-state index contributed by atoms with van der Waals surface area (Å²) in [7, 11) is 0. The van der Waals surface area contributed by atoms with Crippen LogP contribution < -0.4 is 5.32 Å². The van der Waals surface area contributed by atoms with Crippen LogP contribution >= 0.6 is 15.9 Å².